The van der Waals surface area contributed by atoms with E-state index in [1.165, 1.54) is 0 Å². The van der Waals surface area contributed by atoms with Crippen molar-refractivity contribution in [1.29, 1.82) is 0 Å². The van der Waals surface area contributed by atoms with Crippen LogP contribution in [-0.2, 0) is 21.7 Å². The number of carbonyl (C=O) groups excluding carboxylic acids is 2. The van der Waals surface area contributed by atoms with Gasteiger partial charge in [0.2, 0.25) is 0 Å². The number of rotatable bonds is 12. The molecule has 0 saturated heterocycles. The largest absolute Gasteiger partial charge is 0.361 e. The van der Waals surface area contributed by atoms with Crippen LogP contribution in [0.25, 0.3) is 0 Å². The number of benzene rings is 2. The highest BCUT2D eigenvalue weighted by molar-refractivity contribution is 6.11. The predicted molar refractivity (Wildman–Crippen MR) is 228 cm³/mol. The number of nitrogens with one attached hydrogen (secondary N) is 4. The van der Waals surface area contributed by atoms with Gasteiger partial charge in [-0.2, -0.15) is 0 Å². The van der Waals surface area contributed by atoms with E-state index in [0.717, 1.165) is 108 Å². The third kappa shape index (κ3) is 5.65. The molecule has 0 spiro atoms. The fourth-order valence-electron chi connectivity index (χ4n) is 10.5. The minimum Gasteiger partial charge on any atom is -0.361 e. The van der Waals surface area contributed by atoms with E-state index in [1.807, 2.05) is 60.7 Å². The minimum absolute atomic E-state index is 0.0301. The average Bonchev–Trinajstić information content (AvgIpc) is 4.10. The highest BCUT2D eigenvalue weighted by Gasteiger charge is 2.46. The Morgan fingerprint density at radius 1 is 0.375 bits per heavy atom. The first-order chi connectivity index (χ1) is 27.1. The van der Waals surface area contributed by atoms with Gasteiger partial charge >= 0.3 is 0 Å². The molecule has 4 N–H and O–H groups in total. The molecular formula is C50H60N4O2. The molecule has 5 heterocycles. The summed E-state index contributed by atoms with van der Waals surface area (Å²) >= 11 is 0. The van der Waals surface area contributed by atoms with Crippen LogP contribution in [0.1, 0.15) is 184 Å². The Balaban J connectivity index is 1.61. The van der Waals surface area contributed by atoms with Gasteiger partial charge in [0, 0.05) is 78.6 Å². The molecule has 0 radical (unpaired) electrons. The van der Waals surface area contributed by atoms with Crippen LogP contribution in [0.5, 0.6) is 0 Å². The van der Waals surface area contributed by atoms with E-state index in [1.54, 1.807) is 0 Å². The van der Waals surface area contributed by atoms with Crippen molar-refractivity contribution >= 4 is 11.6 Å². The van der Waals surface area contributed by atoms with E-state index in [0.29, 0.717) is 11.1 Å². The van der Waals surface area contributed by atoms with Crippen LogP contribution in [-0.4, -0.2) is 31.5 Å². The first-order valence-corrected chi connectivity index (χ1v) is 21.2. The third-order valence-corrected chi connectivity index (χ3v) is 14.4. The van der Waals surface area contributed by atoms with Crippen molar-refractivity contribution in [2.75, 3.05) is 0 Å². The van der Waals surface area contributed by atoms with Gasteiger partial charge in [0.25, 0.3) is 0 Å². The molecule has 0 fully saturated rings. The van der Waals surface area contributed by atoms with Crippen molar-refractivity contribution in [3.8, 4) is 0 Å². The molecule has 0 amide bonds. The number of carbonyl (C=O) groups is 2. The maximum absolute atomic E-state index is 14.8. The SMILES string of the molecule is CCC1(CC)c2ccc([nH]2)C(CC)(CC)c2cc(C(=O)c3ccccc3)c([nH]2)C(CC)(CC)c2ccc([nH]2)C(CC)(CC)c2[nH]c1cc2C(=O)c1ccccc1. The Kier molecular flexibility index (Phi) is 10.6. The minimum atomic E-state index is -0.516. The predicted octanol–water partition coefficient (Wildman–Crippen LogP) is 12.2. The lowest BCUT2D eigenvalue weighted by Crippen LogP contribution is -2.33. The van der Waals surface area contributed by atoms with Gasteiger partial charge < -0.3 is 19.9 Å². The zero-order valence-electron chi connectivity index (χ0n) is 34.7. The second kappa shape index (κ2) is 15.1. The lowest BCUT2D eigenvalue weighted by Gasteiger charge is -2.35. The molecule has 0 aliphatic carbocycles. The van der Waals surface area contributed by atoms with E-state index in [4.69, 9.17) is 0 Å². The molecule has 8 bridgehead atoms. The van der Waals surface area contributed by atoms with Gasteiger partial charge in [0.15, 0.2) is 11.6 Å². The number of aromatic nitrogens is 4. The van der Waals surface area contributed by atoms with Gasteiger partial charge in [-0.3, -0.25) is 9.59 Å². The summed E-state index contributed by atoms with van der Waals surface area (Å²) in [7, 11) is 0. The van der Waals surface area contributed by atoms with Crippen LogP contribution in [0.2, 0.25) is 0 Å². The van der Waals surface area contributed by atoms with Gasteiger partial charge in [-0.05, 0) is 87.8 Å². The van der Waals surface area contributed by atoms with E-state index >= 15 is 0 Å². The van der Waals surface area contributed by atoms with Crippen molar-refractivity contribution in [2.45, 2.75) is 128 Å². The molecular weight excluding hydrogens is 689 g/mol. The Morgan fingerprint density at radius 2 is 0.661 bits per heavy atom. The molecule has 0 saturated carbocycles. The smallest absolute Gasteiger partial charge is 0.194 e. The molecule has 1 aliphatic rings. The molecule has 6 heteroatoms. The van der Waals surface area contributed by atoms with Crippen molar-refractivity contribution in [3.05, 3.63) is 165 Å². The number of aromatic amines is 4. The van der Waals surface area contributed by atoms with Gasteiger partial charge in [-0.1, -0.05) is 116 Å². The number of fused-ring (bicyclic) bond motifs is 8. The van der Waals surface area contributed by atoms with Crippen LogP contribution < -0.4 is 0 Å². The quantitative estimate of drug-likeness (QED) is 0.0937. The maximum atomic E-state index is 14.8. The fourth-order valence-corrected chi connectivity index (χ4v) is 10.5. The normalized spacial score (nSPS) is 16.4. The maximum Gasteiger partial charge on any atom is 0.194 e. The summed E-state index contributed by atoms with van der Waals surface area (Å²) in [6.07, 6.45) is 6.46. The molecule has 4 aromatic heterocycles. The highest BCUT2D eigenvalue weighted by atomic mass is 16.1. The van der Waals surface area contributed by atoms with Crippen LogP contribution >= 0.6 is 0 Å². The van der Waals surface area contributed by atoms with Crippen LogP contribution in [0.3, 0.4) is 0 Å². The van der Waals surface area contributed by atoms with Crippen LogP contribution in [0.15, 0.2) is 97.1 Å². The molecule has 6 nitrogen and oxygen atoms in total. The summed E-state index contributed by atoms with van der Waals surface area (Å²) < 4.78 is 0. The van der Waals surface area contributed by atoms with Crippen molar-refractivity contribution in [1.82, 2.24) is 19.9 Å². The first kappa shape index (κ1) is 39.1. The summed E-state index contributed by atoms with van der Waals surface area (Å²) in [5.74, 6) is 0.0601. The monoisotopic (exact) mass is 748 g/mol. The Bertz CT molecular complexity index is 2140. The molecule has 292 valence electrons. The summed E-state index contributed by atoms with van der Waals surface area (Å²) in [6, 6.07) is 32.8. The topological polar surface area (TPSA) is 97.3 Å². The Labute approximate surface area is 333 Å². The molecule has 56 heavy (non-hydrogen) atoms. The molecule has 0 atom stereocenters. The number of H-pyrrole nitrogens is 4. The highest BCUT2D eigenvalue weighted by Crippen LogP contribution is 2.49. The van der Waals surface area contributed by atoms with Crippen LogP contribution in [0, 0.1) is 0 Å². The first-order valence-electron chi connectivity index (χ1n) is 21.2. The van der Waals surface area contributed by atoms with E-state index in [9.17, 15) is 9.59 Å². The number of hydrogen-bond acceptors (Lipinski definition) is 2. The molecule has 7 rings (SSSR count). The third-order valence-electron chi connectivity index (χ3n) is 14.4. The average molecular weight is 749 g/mol. The molecule has 2 aromatic carbocycles. The summed E-state index contributed by atoms with van der Waals surface area (Å²) in [5.41, 5.74) is 9.43. The molecule has 1 aliphatic heterocycles. The summed E-state index contributed by atoms with van der Waals surface area (Å²) in [6.45, 7) is 18.0. The van der Waals surface area contributed by atoms with Gasteiger partial charge in [0.1, 0.15) is 0 Å². The van der Waals surface area contributed by atoms with Crippen LogP contribution in [0.4, 0.5) is 0 Å². The Morgan fingerprint density at radius 3 is 0.946 bits per heavy atom. The van der Waals surface area contributed by atoms with E-state index < -0.39 is 21.7 Å². The van der Waals surface area contributed by atoms with Crippen molar-refractivity contribution in [2.24, 2.45) is 0 Å². The van der Waals surface area contributed by atoms with Crippen molar-refractivity contribution < 1.29 is 9.59 Å². The Hall–Kier alpha value is -5.10. The second-order valence-corrected chi connectivity index (χ2v) is 16.1. The summed E-state index contributed by atoms with van der Waals surface area (Å²) in [4.78, 5) is 45.6. The zero-order valence-corrected chi connectivity index (χ0v) is 34.7. The zero-order chi connectivity index (χ0) is 39.9. The van der Waals surface area contributed by atoms with E-state index in [2.05, 4.69) is 112 Å². The van der Waals surface area contributed by atoms with Gasteiger partial charge in [0.05, 0.1) is 10.8 Å². The summed E-state index contributed by atoms with van der Waals surface area (Å²) in [5, 5.41) is 0. The lowest BCUT2D eigenvalue weighted by molar-refractivity contribution is 0.102. The fraction of sp³-hybridized carbons (Fsp3) is 0.400. The molecule has 6 aromatic rings. The van der Waals surface area contributed by atoms with E-state index in [-0.39, 0.29) is 11.6 Å². The second-order valence-electron chi connectivity index (χ2n) is 16.1. The van der Waals surface area contributed by atoms with Gasteiger partial charge in [-0.25, -0.2) is 0 Å². The van der Waals surface area contributed by atoms with Gasteiger partial charge in [-0.15, -0.1) is 0 Å². The molecule has 0 unspecified atom stereocenters. The lowest BCUT2D eigenvalue weighted by atomic mass is 9.74. The number of hydrogen-bond donors (Lipinski definition) is 4. The standard InChI is InChI=1S/C50H60N4O2/c1-9-47(10-2)37-27-28-38(51-37)48(11-3,12-4)42-32-36(44(56)34-25-21-18-22-26-34)46(54-42)50(15-7,16-8)40-30-29-39(52-40)49(13-5,14-6)45-35(31-41(47)53-45)43(55)33-23-19-17-20-24-33/h17-32,51-54H,9-16H2,1-8H3. The van der Waals surface area contributed by atoms with Crippen molar-refractivity contribution in [3.63, 3.8) is 0 Å². The number of ketones is 2.